The summed E-state index contributed by atoms with van der Waals surface area (Å²) in [5.41, 5.74) is 7.72. The number of benzene rings is 1. The molecule has 2 fully saturated rings. The summed E-state index contributed by atoms with van der Waals surface area (Å²) >= 11 is 0. The van der Waals surface area contributed by atoms with Crippen molar-refractivity contribution in [2.75, 3.05) is 6.54 Å². The normalized spacial score (nSPS) is 21.4. The van der Waals surface area contributed by atoms with Crippen molar-refractivity contribution in [3.8, 4) is 6.07 Å². The van der Waals surface area contributed by atoms with Gasteiger partial charge in [0.25, 0.3) is 0 Å². The number of likely N-dealkylation sites (tertiary alicyclic amines) is 1. The number of nitriles is 1. The van der Waals surface area contributed by atoms with Crippen LogP contribution in [0.15, 0.2) is 24.3 Å². The molecule has 2 aliphatic rings. The van der Waals surface area contributed by atoms with Gasteiger partial charge in [-0.3, -0.25) is 9.59 Å². The molecule has 1 saturated heterocycles. The van der Waals surface area contributed by atoms with Crippen molar-refractivity contribution in [3.05, 3.63) is 35.4 Å². The average molecular weight is 354 g/mol. The van der Waals surface area contributed by atoms with E-state index in [1.807, 2.05) is 12.1 Å². The highest BCUT2D eigenvalue weighted by molar-refractivity contribution is 5.91. The first kappa shape index (κ1) is 18.4. The molecule has 1 aliphatic heterocycles. The lowest BCUT2D eigenvalue weighted by atomic mass is 9.83. The summed E-state index contributed by atoms with van der Waals surface area (Å²) in [7, 11) is 0. The summed E-state index contributed by atoms with van der Waals surface area (Å²) in [6.45, 7) is 0.992. The second kappa shape index (κ2) is 8.33. The minimum absolute atomic E-state index is 0.0818. The quantitative estimate of drug-likeness (QED) is 0.840. The molecule has 1 aliphatic carbocycles. The van der Waals surface area contributed by atoms with E-state index in [0.29, 0.717) is 25.1 Å². The summed E-state index contributed by atoms with van der Waals surface area (Å²) in [5.74, 6) is 0.0330. The van der Waals surface area contributed by atoms with E-state index in [0.717, 1.165) is 31.2 Å². The van der Waals surface area contributed by atoms with Crippen LogP contribution >= 0.6 is 0 Å². The van der Waals surface area contributed by atoms with Crippen LogP contribution in [0.1, 0.15) is 49.7 Å². The van der Waals surface area contributed by atoms with E-state index < -0.39 is 12.1 Å². The van der Waals surface area contributed by atoms with E-state index in [2.05, 4.69) is 11.4 Å². The molecule has 2 amide bonds. The summed E-state index contributed by atoms with van der Waals surface area (Å²) in [6.07, 6.45) is 6.21. The molecule has 26 heavy (non-hydrogen) atoms. The summed E-state index contributed by atoms with van der Waals surface area (Å²) in [5, 5.41) is 11.7. The molecule has 1 aromatic carbocycles. The number of carbonyl (C=O) groups is 2. The Labute approximate surface area is 154 Å². The Morgan fingerprint density at radius 3 is 2.46 bits per heavy atom. The summed E-state index contributed by atoms with van der Waals surface area (Å²) in [4.78, 5) is 26.7. The van der Waals surface area contributed by atoms with Crippen LogP contribution in [0.3, 0.4) is 0 Å². The van der Waals surface area contributed by atoms with Gasteiger partial charge in [-0.05, 0) is 42.9 Å². The predicted molar refractivity (Wildman–Crippen MR) is 97.7 cm³/mol. The molecule has 1 aromatic rings. The van der Waals surface area contributed by atoms with Crippen LogP contribution in [0.25, 0.3) is 0 Å². The Morgan fingerprint density at radius 1 is 1.19 bits per heavy atom. The van der Waals surface area contributed by atoms with Gasteiger partial charge in [0.2, 0.25) is 11.8 Å². The fourth-order valence-electron chi connectivity index (χ4n) is 3.81. The number of nitrogens with one attached hydrogen (secondary N) is 1. The van der Waals surface area contributed by atoms with Crippen molar-refractivity contribution >= 4 is 11.8 Å². The molecule has 0 spiro atoms. The van der Waals surface area contributed by atoms with Gasteiger partial charge in [-0.2, -0.15) is 5.26 Å². The van der Waals surface area contributed by atoms with Crippen molar-refractivity contribution in [1.29, 1.82) is 5.26 Å². The fraction of sp³-hybridized carbons (Fsp3) is 0.550. The molecule has 138 valence electrons. The molecule has 3 rings (SSSR count). The smallest absolute Gasteiger partial charge is 0.243 e. The highest BCUT2D eigenvalue weighted by Gasteiger charge is 2.41. The zero-order valence-electron chi connectivity index (χ0n) is 15.0. The van der Waals surface area contributed by atoms with Crippen LogP contribution in [-0.4, -0.2) is 35.3 Å². The summed E-state index contributed by atoms with van der Waals surface area (Å²) in [6, 6.07) is 8.27. The lowest BCUT2D eigenvalue weighted by molar-refractivity contribution is -0.149. The Bertz CT molecular complexity index is 689. The largest absolute Gasteiger partial charge is 0.350 e. The SMILES string of the molecule is N#Cc1ccc(CNC(=O)[C@@H]2CCN2C(=O)[C@@H](N)C2CCCCC2)cc1. The molecular formula is C20H26N4O2. The fourth-order valence-corrected chi connectivity index (χ4v) is 3.81. The maximum Gasteiger partial charge on any atom is 0.243 e. The Hall–Kier alpha value is -2.39. The number of nitrogens with zero attached hydrogens (tertiary/aromatic N) is 2. The molecule has 0 radical (unpaired) electrons. The molecule has 0 bridgehead atoms. The zero-order chi connectivity index (χ0) is 18.5. The molecule has 0 unspecified atom stereocenters. The minimum atomic E-state index is -0.482. The van der Waals surface area contributed by atoms with Gasteiger partial charge in [-0.25, -0.2) is 0 Å². The van der Waals surface area contributed by atoms with E-state index in [4.69, 9.17) is 11.0 Å². The van der Waals surface area contributed by atoms with E-state index >= 15 is 0 Å². The van der Waals surface area contributed by atoms with E-state index in [-0.39, 0.29) is 17.7 Å². The van der Waals surface area contributed by atoms with Crippen LogP contribution in [0.4, 0.5) is 0 Å². The highest BCUT2D eigenvalue weighted by Crippen LogP contribution is 2.28. The standard InChI is InChI=1S/C20H26N4O2/c21-12-14-6-8-15(9-7-14)13-23-19(25)17-10-11-24(17)20(26)18(22)16-4-2-1-3-5-16/h6-9,16-18H,1-5,10-11,13,22H2,(H,23,25)/t17-,18-/m0/s1. The third-order valence-corrected chi connectivity index (χ3v) is 5.60. The maximum absolute atomic E-state index is 12.7. The summed E-state index contributed by atoms with van der Waals surface area (Å²) < 4.78 is 0. The average Bonchev–Trinajstić information content (AvgIpc) is 2.66. The number of nitrogens with two attached hydrogens (primary N) is 1. The first-order valence-electron chi connectivity index (χ1n) is 9.43. The molecule has 3 N–H and O–H groups in total. The third-order valence-electron chi connectivity index (χ3n) is 5.60. The number of hydrogen-bond donors (Lipinski definition) is 2. The molecule has 1 saturated carbocycles. The van der Waals surface area contributed by atoms with Crippen LogP contribution in [-0.2, 0) is 16.1 Å². The van der Waals surface area contributed by atoms with E-state index in [1.165, 1.54) is 6.42 Å². The molecule has 1 heterocycles. The monoisotopic (exact) mass is 354 g/mol. The van der Waals surface area contributed by atoms with Gasteiger partial charge in [-0.15, -0.1) is 0 Å². The van der Waals surface area contributed by atoms with Gasteiger partial charge < -0.3 is 16.0 Å². The van der Waals surface area contributed by atoms with Gasteiger partial charge in [0, 0.05) is 13.1 Å². The van der Waals surface area contributed by atoms with Gasteiger partial charge in [0.1, 0.15) is 6.04 Å². The Morgan fingerprint density at radius 2 is 1.88 bits per heavy atom. The lowest BCUT2D eigenvalue weighted by Crippen LogP contribution is -2.62. The molecular weight excluding hydrogens is 328 g/mol. The maximum atomic E-state index is 12.7. The molecule has 2 atom stereocenters. The van der Waals surface area contributed by atoms with Crippen LogP contribution in [0.2, 0.25) is 0 Å². The van der Waals surface area contributed by atoms with Gasteiger partial charge >= 0.3 is 0 Å². The van der Waals surface area contributed by atoms with Gasteiger partial charge in [0.05, 0.1) is 17.7 Å². The minimum Gasteiger partial charge on any atom is -0.350 e. The number of carbonyl (C=O) groups excluding carboxylic acids is 2. The number of rotatable bonds is 5. The van der Waals surface area contributed by atoms with Gasteiger partial charge in [-0.1, -0.05) is 31.4 Å². The van der Waals surface area contributed by atoms with Crippen molar-refractivity contribution in [1.82, 2.24) is 10.2 Å². The third kappa shape index (κ3) is 4.05. The number of amides is 2. The lowest BCUT2D eigenvalue weighted by Gasteiger charge is -2.42. The first-order valence-corrected chi connectivity index (χ1v) is 9.43. The second-order valence-electron chi connectivity index (χ2n) is 7.29. The highest BCUT2D eigenvalue weighted by atomic mass is 16.2. The van der Waals surface area contributed by atoms with E-state index in [1.54, 1.807) is 17.0 Å². The molecule has 6 nitrogen and oxygen atoms in total. The topological polar surface area (TPSA) is 99.2 Å². The number of hydrogen-bond acceptors (Lipinski definition) is 4. The molecule has 6 heteroatoms. The molecule has 0 aromatic heterocycles. The zero-order valence-corrected chi connectivity index (χ0v) is 15.0. The van der Waals surface area contributed by atoms with E-state index in [9.17, 15) is 9.59 Å². The van der Waals surface area contributed by atoms with Crippen molar-refractivity contribution < 1.29 is 9.59 Å². The van der Waals surface area contributed by atoms with Gasteiger partial charge in [0.15, 0.2) is 0 Å². The Balaban J connectivity index is 1.51. The van der Waals surface area contributed by atoms with Crippen molar-refractivity contribution in [2.45, 2.75) is 57.2 Å². The first-order chi connectivity index (χ1) is 12.6. The predicted octanol–water partition coefficient (Wildman–Crippen LogP) is 1.68. The van der Waals surface area contributed by atoms with Crippen molar-refractivity contribution in [3.63, 3.8) is 0 Å². The van der Waals surface area contributed by atoms with Crippen LogP contribution < -0.4 is 11.1 Å². The van der Waals surface area contributed by atoms with Crippen LogP contribution in [0.5, 0.6) is 0 Å². The van der Waals surface area contributed by atoms with Crippen LogP contribution in [0, 0.1) is 17.2 Å². The Kier molecular flexibility index (Phi) is 5.89. The van der Waals surface area contributed by atoms with Crippen molar-refractivity contribution in [2.24, 2.45) is 11.7 Å². The second-order valence-corrected chi connectivity index (χ2v) is 7.29.